The molecule has 3 heteroatoms. The second-order valence-corrected chi connectivity index (χ2v) is 7.50. The third-order valence-electron chi connectivity index (χ3n) is 3.95. The summed E-state index contributed by atoms with van der Waals surface area (Å²) in [6.45, 7) is 7.60. The third-order valence-corrected chi connectivity index (χ3v) is 5.49. The van der Waals surface area contributed by atoms with Gasteiger partial charge in [0.25, 0.3) is 0 Å². The molecule has 1 aromatic rings. The van der Waals surface area contributed by atoms with Gasteiger partial charge >= 0.3 is 0 Å². The normalized spacial score (nSPS) is 12.6. The number of halogens is 2. The van der Waals surface area contributed by atoms with Gasteiger partial charge in [-0.2, -0.15) is 0 Å². The van der Waals surface area contributed by atoms with E-state index in [2.05, 4.69) is 70.1 Å². The van der Waals surface area contributed by atoms with E-state index in [1.54, 1.807) is 0 Å². The van der Waals surface area contributed by atoms with E-state index in [1.807, 2.05) is 0 Å². The molecule has 1 aromatic carbocycles. The summed E-state index contributed by atoms with van der Waals surface area (Å²) in [6.07, 6.45) is 9.35. The topological polar surface area (TPSA) is 12.0 Å². The van der Waals surface area contributed by atoms with Gasteiger partial charge in [0.1, 0.15) is 0 Å². The highest BCUT2D eigenvalue weighted by atomic mass is 79.9. The molecule has 21 heavy (non-hydrogen) atoms. The molecule has 0 spiro atoms. The fourth-order valence-corrected chi connectivity index (χ4v) is 3.77. The van der Waals surface area contributed by atoms with Crippen molar-refractivity contribution in [1.29, 1.82) is 0 Å². The lowest BCUT2D eigenvalue weighted by Crippen LogP contribution is -2.21. The number of benzene rings is 1. The van der Waals surface area contributed by atoms with Gasteiger partial charge in [0.05, 0.1) is 0 Å². The first kappa shape index (κ1) is 19.2. The first-order chi connectivity index (χ1) is 10.1. The van der Waals surface area contributed by atoms with Crippen LogP contribution < -0.4 is 5.32 Å². The smallest absolute Gasteiger partial charge is 0.0331 e. The SMILES string of the molecule is CCCCCCCCC(NCC)c1cc(Br)c(C)cc1Br. The molecule has 0 aliphatic carbocycles. The van der Waals surface area contributed by atoms with Crippen molar-refractivity contribution in [2.24, 2.45) is 0 Å². The van der Waals surface area contributed by atoms with Crippen LogP contribution in [0.15, 0.2) is 21.1 Å². The highest BCUT2D eigenvalue weighted by Crippen LogP contribution is 2.32. The summed E-state index contributed by atoms with van der Waals surface area (Å²) >= 11 is 7.40. The Morgan fingerprint density at radius 3 is 2.29 bits per heavy atom. The maximum atomic E-state index is 3.73. The summed E-state index contributed by atoms with van der Waals surface area (Å²) in [6, 6.07) is 4.93. The standard InChI is InChI=1S/C18H29Br2N/c1-4-6-7-8-9-10-11-18(21-5-2)15-13-16(19)14(3)12-17(15)20/h12-13,18,21H,4-11H2,1-3H3. The van der Waals surface area contributed by atoms with Crippen molar-refractivity contribution < 1.29 is 0 Å². The lowest BCUT2D eigenvalue weighted by Gasteiger charge is -2.21. The van der Waals surface area contributed by atoms with Gasteiger partial charge in [-0.05, 0) is 43.1 Å². The van der Waals surface area contributed by atoms with E-state index >= 15 is 0 Å². The van der Waals surface area contributed by atoms with Crippen LogP contribution in [0.3, 0.4) is 0 Å². The van der Waals surface area contributed by atoms with Gasteiger partial charge in [0.15, 0.2) is 0 Å². The summed E-state index contributed by atoms with van der Waals surface area (Å²) in [5, 5.41) is 3.64. The molecule has 0 radical (unpaired) electrons. The Balaban J connectivity index is 2.58. The predicted octanol–water partition coefficient (Wildman–Crippen LogP) is 6.92. The van der Waals surface area contributed by atoms with Crippen molar-refractivity contribution in [3.63, 3.8) is 0 Å². The van der Waals surface area contributed by atoms with Gasteiger partial charge in [-0.25, -0.2) is 0 Å². The van der Waals surface area contributed by atoms with Gasteiger partial charge in [0, 0.05) is 15.0 Å². The first-order valence-corrected chi connectivity index (χ1v) is 9.87. The molecule has 1 atom stereocenters. The molecule has 0 fully saturated rings. The maximum absolute atomic E-state index is 3.73. The van der Waals surface area contributed by atoms with Crippen molar-refractivity contribution >= 4 is 31.9 Å². The molecule has 1 N–H and O–H groups in total. The second-order valence-electron chi connectivity index (χ2n) is 5.79. The number of hydrogen-bond donors (Lipinski definition) is 1. The van der Waals surface area contributed by atoms with Crippen LogP contribution in [0, 0.1) is 6.92 Å². The Labute approximate surface area is 147 Å². The first-order valence-electron chi connectivity index (χ1n) is 8.29. The fourth-order valence-electron chi connectivity index (χ4n) is 2.67. The zero-order chi connectivity index (χ0) is 15.7. The van der Waals surface area contributed by atoms with E-state index in [0.717, 1.165) is 6.54 Å². The average Bonchev–Trinajstić information content (AvgIpc) is 2.45. The maximum Gasteiger partial charge on any atom is 0.0331 e. The van der Waals surface area contributed by atoms with Gasteiger partial charge in [-0.1, -0.05) is 84.2 Å². The molecule has 0 aliphatic heterocycles. The summed E-state index contributed by atoms with van der Waals surface area (Å²) in [5.74, 6) is 0. The lowest BCUT2D eigenvalue weighted by molar-refractivity contribution is 0.475. The number of nitrogens with one attached hydrogen (secondary N) is 1. The Kier molecular flexibility index (Phi) is 9.87. The number of unbranched alkanes of at least 4 members (excludes halogenated alkanes) is 5. The average molecular weight is 419 g/mol. The van der Waals surface area contributed by atoms with Crippen LogP contribution >= 0.6 is 31.9 Å². The monoisotopic (exact) mass is 417 g/mol. The molecule has 1 nitrogen and oxygen atoms in total. The molecular weight excluding hydrogens is 390 g/mol. The Morgan fingerprint density at radius 2 is 1.62 bits per heavy atom. The van der Waals surface area contributed by atoms with Crippen molar-refractivity contribution in [2.75, 3.05) is 6.54 Å². The zero-order valence-corrected chi connectivity index (χ0v) is 16.8. The summed E-state index contributed by atoms with van der Waals surface area (Å²) < 4.78 is 2.42. The molecule has 120 valence electrons. The largest absolute Gasteiger partial charge is 0.310 e. The highest BCUT2D eigenvalue weighted by Gasteiger charge is 2.14. The Hall–Kier alpha value is 0.140. The van der Waals surface area contributed by atoms with E-state index in [1.165, 1.54) is 65.0 Å². The van der Waals surface area contributed by atoms with Crippen molar-refractivity contribution in [2.45, 2.75) is 71.8 Å². The van der Waals surface area contributed by atoms with Crippen molar-refractivity contribution in [3.05, 3.63) is 32.2 Å². The summed E-state index contributed by atoms with van der Waals surface area (Å²) in [4.78, 5) is 0. The van der Waals surface area contributed by atoms with E-state index < -0.39 is 0 Å². The minimum absolute atomic E-state index is 0.451. The highest BCUT2D eigenvalue weighted by molar-refractivity contribution is 9.11. The minimum atomic E-state index is 0.451. The summed E-state index contributed by atoms with van der Waals surface area (Å²) in [5.41, 5.74) is 2.66. The van der Waals surface area contributed by atoms with E-state index in [9.17, 15) is 0 Å². The molecule has 1 unspecified atom stereocenters. The van der Waals surface area contributed by atoms with Gasteiger partial charge in [-0.3, -0.25) is 0 Å². The molecule has 0 amide bonds. The Morgan fingerprint density at radius 1 is 0.952 bits per heavy atom. The van der Waals surface area contributed by atoms with Crippen molar-refractivity contribution in [1.82, 2.24) is 5.32 Å². The zero-order valence-electron chi connectivity index (χ0n) is 13.6. The van der Waals surface area contributed by atoms with Crippen LogP contribution in [-0.2, 0) is 0 Å². The molecule has 0 aliphatic rings. The molecule has 1 rings (SSSR count). The van der Waals surface area contributed by atoms with E-state index in [0.29, 0.717) is 6.04 Å². The number of rotatable bonds is 10. The lowest BCUT2D eigenvalue weighted by atomic mass is 9.98. The van der Waals surface area contributed by atoms with E-state index in [4.69, 9.17) is 0 Å². The van der Waals surface area contributed by atoms with Gasteiger partial charge < -0.3 is 5.32 Å². The van der Waals surface area contributed by atoms with Gasteiger partial charge in [0.2, 0.25) is 0 Å². The van der Waals surface area contributed by atoms with Crippen LogP contribution in [0.1, 0.15) is 76.0 Å². The molecule has 0 heterocycles. The quantitative estimate of drug-likeness (QED) is 0.406. The van der Waals surface area contributed by atoms with Crippen LogP contribution in [0.2, 0.25) is 0 Å². The van der Waals surface area contributed by atoms with Gasteiger partial charge in [-0.15, -0.1) is 0 Å². The second kappa shape index (κ2) is 10.8. The minimum Gasteiger partial charge on any atom is -0.310 e. The molecule has 0 saturated heterocycles. The molecule has 0 aromatic heterocycles. The fraction of sp³-hybridized carbons (Fsp3) is 0.667. The Bertz CT molecular complexity index is 418. The number of hydrogen-bond acceptors (Lipinski definition) is 1. The third kappa shape index (κ3) is 6.83. The van der Waals surface area contributed by atoms with E-state index in [-0.39, 0.29) is 0 Å². The summed E-state index contributed by atoms with van der Waals surface area (Å²) in [7, 11) is 0. The van der Waals surface area contributed by atoms with Crippen LogP contribution in [0.5, 0.6) is 0 Å². The predicted molar refractivity (Wildman–Crippen MR) is 101 cm³/mol. The van der Waals surface area contributed by atoms with Crippen LogP contribution in [0.4, 0.5) is 0 Å². The van der Waals surface area contributed by atoms with Crippen molar-refractivity contribution in [3.8, 4) is 0 Å². The number of aryl methyl sites for hydroxylation is 1. The van der Waals surface area contributed by atoms with Crippen LogP contribution in [-0.4, -0.2) is 6.54 Å². The molecular formula is C18H29Br2N. The van der Waals surface area contributed by atoms with Crippen LogP contribution in [0.25, 0.3) is 0 Å². The molecule has 0 bridgehead atoms. The molecule has 0 saturated carbocycles.